The Morgan fingerprint density at radius 1 is 1.03 bits per heavy atom. The largest absolute Gasteiger partial charge is 0.463 e. The first-order chi connectivity index (χ1) is 17.1. The maximum atomic E-state index is 13.7. The summed E-state index contributed by atoms with van der Waals surface area (Å²) in [4.78, 5) is 32.3. The number of halogens is 1. The quantitative estimate of drug-likeness (QED) is 0.401. The molecule has 3 aromatic carbocycles. The van der Waals surface area contributed by atoms with Crippen molar-refractivity contribution < 1.29 is 13.9 Å². The molecule has 0 amide bonds. The fourth-order valence-electron chi connectivity index (χ4n) is 4.10. The fourth-order valence-corrected chi connectivity index (χ4v) is 5.10. The average molecular weight is 485 g/mol. The second-order valence-corrected chi connectivity index (χ2v) is 8.90. The highest BCUT2D eigenvalue weighted by Crippen LogP contribution is 2.34. The molecule has 35 heavy (non-hydrogen) atoms. The molecule has 4 aromatic rings. The van der Waals surface area contributed by atoms with Crippen molar-refractivity contribution in [3.8, 4) is 0 Å². The van der Waals surface area contributed by atoms with Crippen LogP contribution in [0.3, 0.4) is 0 Å². The van der Waals surface area contributed by atoms with E-state index >= 15 is 0 Å². The van der Waals surface area contributed by atoms with Crippen molar-refractivity contribution in [1.29, 1.82) is 0 Å². The van der Waals surface area contributed by atoms with Crippen LogP contribution < -0.4 is 14.9 Å². The first kappa shape index (κ1) is 22.7. The van der Waals surface area contributed by atoms with Gasteiger partial charge in [0.2, 0.25) is 0 Å². The Kier molecular flexibility index (Phi) is 6.25. The van der Waals surface area contributed by atoms with Gasteiger partial charge >= 0.3 is 5.97 Å². The van der Waals surface area contributed by atoms with Crippen molar-refractivity contribution in [2.45, 2.75) is 13.0 Å². The number of carbonyl (C=O) groups excluding carboxylic acids is 1. The zero-order chi connectivity index (χ0) is 24.4. The summed E-state index contributed by atoms with van der Waals surface area (Å²) in [6.07, 6.45) is 1.71. The molecule has 0 bridgehead atoms. The van der Waals surface area contributed by atoms with E-state index < -0.39 is 12.0 Å². The van der Waals surface area contributed by atoms with E-state index in [1.807, 2.05) is 60.7 Å². The molecule has 1 aliphatic heterocycles. The lowest BCUT2D eigenvalue weighted by Crippen LogP contribution is -2.39. The summed E-state index contributed by atoms with van der Waals surface area (Å²) < 4.78 is 20.8. The maximum Gasteiger partial charge on any atom is 0.338 e. The van der Waals surface area contributed by atoms with Gasteiger partial charge in [0.25, 0.3) is 5.56 Å². The van der Waals surface area contributed by atoms with Crippen LogP contribution >= 0.6 is 11.3 Å². The highest BCUT2D eigenvalue weighted by molar-refractivity contribution is 7.07. The number of carbonyl (C=O) groups is 1. The Bertz CT molecular complexity index is 1590. The summed E-state index contributed by atoms with van der Waals surface area (Å²) in [5.74, 6) is -0.865. The van der Waals surface area contributed by atoms with Gasteiger partial charge in [-0.05, 0) is 36.3 Å². The predicted octanol–water partition coefficient (Wildman–Crippen LogP) is 4.07. The van der Waals surface area contributed by atoms with Crippen LogP contribution in [0.1, 0.15) is 29.7 Å². The number of hydrogen-bond acceptors (Lipinski definition) is 5. The minimum atomic E-state index is -0.711. The van der Waals surface area contributed by atoms with Crippen LogP contribution in [0.4, 0.5) is 4.39 Å². The Hall–Kier alpha value is -4.10. The summed E-state index contributed by atoms with van der Waals surface area (Å²) in [6, 6.07) is 24.0. The molecule has 5 nitrogen and oxygen atoms in total. The molecule has 0 N–H and O–H groups in total. The van der Waals surface area contributed by atoms with E-state index in [1.165, 1.54) is 23.5 Å². The number of benzene rings is 3. The molecule has 0 saturated heterocycles. The molecule has 1 aliphatic rings. The molecule has 0 saturated carbocycles. The average Bonchev–Trinajstić information content (AvgIpc) is 3.20. The van der Waals surface area contributed by atoms with E-state index in [1.54, 1.807) is 29.7 Å². The lowest BCUT2D eigenvalue weighted by atomic mass is 9.93. The van der Waals surface area contributed by atoms with Crippen molar-refractivity contribution >= 4 is 29.1 Å². The van der Waals surface area contributed by atoms with Crippen molar-refractivity contribution in [1.82, 2.24) is 4.57 Å². The number of thiazole rings is 1. The molecular formula is C28H21FN2O3S. The molecule has 174 valence electrons. The van der Waals surface area contributed by atoms with Gasteiger partial charge in [-0.3, -0.25) is 9.36 Å². The highest BCUT2D eigenvalue weighted by Gasteiger charge is 2.35. The topological polar surface area (TPSA) is 60.7 Å². The number of aromatic nitrogens is 1. The summed E-state index contributed by atoms with van der Waals surface area (Å²) >= 11 is 1.23. The number of rotatable bonds is 5. The Morgan fingerprint density at radius 3 is 2.34 bits per heavy atom. The summed E-state index contributed by atoms with van der Waals surface area (Å²) in [6.45, 7) is 1.94. The van der Waals surface area contributed by atoms with Crippen LogP contribution in [0.25, 0.3) is 11.8 Å². The smallest absolute Gasteiger partial charge is 0.338 e. The summed E-state index contributed by atoms with van der Waals surface area (Å²) in [5.41, 5.74) is 2.74. The minimum absolute atomic E-state index is 0.195. The van der Waals surface area contributed by atoms with Crippen molar-refractivity contribution in [3.05, 3.63) is 133 Å². The van der Waals surface area contributed by atoms with Gasteiger partial charge in [0.1, 0.15) is 5.82 Å². The molecule has 0 fully saturated rings. The number of nitrogens with zero attached hydrogens (tertiary/aromatic N) is 2. The zero-order valence-corrected chi connectivity index (χ0v) is 19.7. The van der Waals surface area contributed by atoms with E-state index in [0.717, 1.165) is 11.1 Å². The maximum absolute atomic E-state index is 13.7. The standard InChI is InChI=1S/C28H21FN2O3S/c1-2-34-27(33)23-24(19-9-5-3-6-10-19)30-28-31(25(23)20-11-7-4-8-12-20)26(32)22(35-28)17-18-13-15-21(29)16-14-18/h3-17,25H,2H2,1H3/b22-17-. The number of fused-ring (bicyclic) bond motifs is 1. The third-order valence-corrected chi connectivity index (χ3v) is 6.64. The molecule has 0 radical (unpaired) electrons. The first-order valence-corrected chi connectivity index (χ1v) is 12.0. The van der Waals surface area contributed by atoms with E-state index in [4.69, 9.17) is 9.73 Å². The van der Waals surface area contributed by atoms with Crippen molar-refractivity contribution in [2.75, 3.05) is 6.61 Å². The zero-order valence-electron chi connectivity index (χ0n) is 18.9. The van der Waals surface area contributed by atoms with Crippen LogP contribution in [-0.2, 0) is 9.53 Å². The van der Waals surface area contributed by atoms with Crippen LogP contribution in [0.15, 0.2) is 100 Å². The molecule has 7 heteroatoms. The van der Waals surface area contributed by atoms with E-state index in [9.17, 15) is 14.0 Å². The second kappa shape index (κ2) is 9.64. The second-order valence-electron chi connectivity index (χ2n) is 7.89. The van der Waals surface area contributed by atoms with Gasteiger partial charge in [-0.2, -0.15) is 0 Å². The lowest BCUT2D eigenvalue weighted by molar-refractivity contribution is -0.138. The predicted molar refractivity (Wildman–Crippen MR) is 134 cm³/mol. The van der Waals surface area contributed by atoms with Gasteiger partial charge < -0.3 is 4.74 Å². The molecular weight excluding hydrogens is 463 g/mol. The summed E-state index contributed by atoms with van der Waals surface area (Å²) in [5, 5.41) is 0. The van der Waals surface area contributed by atoms with Crippen LogP contribution in [-0.4, -0.2) is 17.1 Å². The molecule has 1 atom stereocenters. The summed E-state index contributed by atoms with van der Waals surface area (Å²) in [7, 11) is 0. The van der Waals surface area contributed by atoms with Gasteiger partial charge in [-0.1, -0.05) is 84.1 Å². The van der Waals surface area contributed by atoms with E-state index in [2.05, 4.69) is 0 Å². The fraction of sp³-hybridized carbons (Fsp3) is 0.107. The third kappa shape index (κ3) is 4.38. The first-order valence-electron chi connectivity index (χ1n) is 11.2. The SMILES string of the molecule is CCOC(=O)C1=C(c2ccccc2)N=c2s/c(=C\c3ccc(F)cc3)c(=O)n2C1c1ccccc1. The molecule has 1 unspecified atom stereocenters. The number of ether oxygens (including phenoxy) is 1. The highest BCUT2D eigenvalue weighted by atomic mass is 32.1. The molecule has 5 rings (SSSR count). The van der Waals surface area contributed by atoms with Gasteiger partial charge in [-0.25, -0.2) is 14.2 Å². The van der Waals surface area contributed by atoms with Crippen molar-refractivity contribution in [3.63, 3.8) is 0 Å². The van der Waals surface area contributed by atoms with E-state index in [0.29, 0.717) is 26.2 Å². The van der Waals surface area contributed by atoms with E-state index in [-0.39, 0.29) is 18.0 Å². The van der Waals surface area contributed by atoms with Gasteiger partial charge in [0.15, 0.2) is 4.80 Å². The Labute approximate surface area is 204 Å². The number of esters is 1. The molecule has 0 aliphatic carbocycles. The monoisotopic (exact) mass is 484 g/mol. The minimum Gasteiger partial charge on any atom is -0.463 e. The Balaban J connectivity index is 1.82. The van der Waals surface area contributed by atoms with Crippen LogP contribution in [0.2, 0.25) is 0 Å². The molecule has 2 heterocycles. The Morgan fingerprint density at radius 2 is 1.69 bits per heavy atom. The van der Waals surface area contributed by atoms with Gasteiger partial charge in [0.05, 0.1) is 28.5 Å². The van der Waals surface area contributed by atoms with Crippen LogP contribution in [0, 0.1) is 5.82 Å². The third-order valence-electron chi connectivity index (χ3n) is 5.66. The van der Waals surface area contributed by atoms with Gasteiger partial charge in [-0.15, -0.1) is 0 Å². The normalized spacial score (nSPS) is 15.5. The number of hydrogen-bond donors (Lipinski definition) is 0. The lowest BCUT2D eigenvalue weighted by Gasteiger charge is -2.25. The van der Waals surface area contributed by atoms with Crippen LogP contribution in [0.5, 0.6) is 0 Å². The van der Waals surface area contributed by atoms with Gasteiger partial charge in [0, 0.05) is 5.56 Å². The van der Waals surface area contributed by atoms with Crippen molar-refractivity contribution in [2.24, 2.45) is 4.99 Å². The molecule has 1 aromatic heterocycles. The molecule has 0 spiro atoms.